The molecule has 1 N–H and O–H groups in total. The van der Waals surface area contributed by atoms with Crippen LogP contribution in [0.2, 0.25) is 0 Å². The van der Waals surface area contributed by atoms with Crippen LogP contribution in [0.1, 0.15) is 51.9 Å². The molecular formula is C14H25NO2. The van der Waals surface area contributed by atoms with Crippen LogP contribution < -0.4 is 0 Å². The molecular weight excluding hydrogens is 214 g/mol. The van der Waals surface area contributed by atoms with Gasteiger partial charge in [0.25, 0.3) is 0 Å². The molecule has 2 aliphatic rings. The predicted octanol–water partition coefficient (Wildman–Crippen LogP) is 2.75. The van der Waals surface area contributed by atoms with Crippen molar-refractivity contribution >= 4 is 5.97 Å². The first-order valence-electron chi connectivity index (χ1n) is 7.12. The normalized spacial score (nSPS) is 31.8. The third kappa shape index (κ3) is 2.82. The number of carboxylic acid groups (broad SMARTS) is 1. The first-order valence-corrected chi connectivity index (χ1v) is 7.12. The number of aliphatic carboxylic acids is 1. The standard InChI is InChI=1S/C14H25NO2/c1-2-14(13(16)17)8-5-9-15(11-14)10-12-6-3-4-7-12/h12H,2-11H2,1H3,(H,16,17). The highest BCUT2D eigenvalue weighted by molar-refractivity contribution is 5.75. The molecule has 1 saturated carbocycles. The van der Waals surface area contributed by atoms with E-state index in [9.17, 15) is 9.90 Å². The van der Waals surface area contributed by atoms with Crippen LogP contribution in [0.25, 0.3) is 0 Å². The number of nitrogens with zero attached hydrogens (tertiary/aromatic N) is 1. The van der Waals surface area contributed by atoms with Gasteiger partial charge in [0.05, 0.1) is 5.41 Å². The van der Waals surface area contributed by atoms with Crippen LogP contribution in [0.3, 0.4) is 0 Å². The Kier molecular flexibility index (Phi) is 4.08. The average molecular weight is 239 g/mol. The summed E-state index contributed by atoms with van der Waals surface area (Å²) in [5.74, 6) is 0.243. The molecule has 1 atom stereocenters. The summed E-state index contributed by atoms with van der Waals surface area (Å²) in [7, 11) is 0. The van der Waals surface area contributed by atoms with Crippen molar-refractivity contribution in [2.75, 3.05) is 19.6 Å². The van der Waals surface area contributed by atoms with E-state index in [1.165, 1.54) is 25.7 Å². The minimum Gasteiger partial charge on any atom is -0.481 e. The van der Waals surface area contributed by atoms with Crippen LogP contribution in [0.5, 0.6) is 0 Å². The van der Waals surface area contributed by atoms with E-state index in [1.807, 2.05) is 6.92 Å². The molecule has 1 aliphatic heterocycles. The van der Waals surface area contributed by atoms with Crippen LogP contribution in [0, 0.1) is 11.3 Å². The van der Waals surface area contributed by atoms with E-state index in [2.05, 4.69) is 4.90 Å². The first-order chi connectivity index (χ1) is 8.16. The summed E-state index contributed by atoms with van der Waals surface area (Å²) >= 11 is 0. The average Bonchev–Trinajstić information content (AvgIpc) is 2.82. The molecule has 3 nitrogen and oxygen atoms in total. The predicted molar refractivity (Wildman–Crippen MR) is 68.0 cm³/mol. The second-order valence-corrected chi connectivity index (χ2v) is 5.93. The smallest absolute Gasteiger partial charge is 0.310 e. The number of hydrogen-bond acceptors (Lipinski definition) is 2. The number of carboxylic acids is 1. The van der Waals surface area contributed by atoms with Gasteiger partial charge in [0, 0.05) is 13.1 Å². The van der Waals surface area contributed by atoms with Crippen LogP contribution in [0.15, 0.2) is 0 Å². The largest absolute Gasteiger partial charge is 0.481 e. The van der Waals surface area contributed by atoms with Crippen LogP contribution >= 0.6 is 0 Å². The Bertz CT molecular complexity index is 273. The lowest BCUT2D eigenvalue weighted by atomic mass is 9.77. The van der Waals surface area contributed by atoms with Crippen molar-refractivity contribution in [3.63, 3.8) is 0 Å². The Balaban J connectivity index is 1.93. The summed E-state index contributed by atoms with van der Waals surface area (Å²) in [6.45, 7) is 5.03. The van der Waals surface area contributed by atoms with Gasteiger partial charge in [-0.1, -0.05) is 19.8 Å². The Morgan fingerprint density at radius 1 is 1.35 bits per heavy atom. The van der Waals surface area contributed by atoms with Gasteiger partial charge in [0.2, 0.25) is 0 Å². The van der Waals surface area contributed by atoms with Crippen LogP contribution in [-0.2, 0) is 4.79 Å². The maximum Gasteiger partial charge on any atom is 0.310 e. The van der Waals surface area contributed by atoms with Crippen molar-refractivity contribution in [1.82, 2.24) is 4.90 Å². The molecule has 0 aromatic rings. The summed E-state index contributed by atoms with van der Waals surface area (Å²) in [5.41, 5.74) is -0.461. The van der Waals surface area contributed by atoms with Crippen molar-refractivity contribution in [2.45, 2.75) is 51.9 Å². The van der Waals surface area contributed by atoms with E-state index in [1.54, 1.807) is 0 Å². The van der Waals surface area contributed by atoms with Crippen molar-refractivity contribution in [1.29, 1.82) is 0 Å². The van der Waals surface area contributed by atoms with Gasteiger partial charge in [-0.25, -0.2) is 0 Å². The van der Waals surface area contributed by atoms with Gasteiger partial charge < -0.3 is 10.0 Å². The molecule has 0 radical (unpaired) electrons. The quantitative estimate of drug-likeness (QED) is 0.820. The van der Waals surface area contributed by atoms with Gasteiger partial charge in [-0.3, -0.25) is 4.79 Å². The first kappa shape index (κ1) is 12.9. The molecule has 0 bridgehead atoms. The SMILES string of the molecule is CCC1(C(=O)O)CCCN(CC2CCCC2)C1. The topological polar surface area (TPSA) is 40.5 Å². The zero-order valence-electron chi connectivity index (χ0n) is 11.0. The van der Waals surface area contributed by atoms with Gasteiger partial charge in [0.15, 0.2) is 0 Å². The van der Waals surface area contributed by atoms with Gasteiger partial charge in [-0.2, -0.15) is 0 Å². The summed E-state index contributed by atoms with van der Waals surface area (Å²) < 4.78 is 0. The summed E-state index contributed by atoms with van der Waals surface area (Å²) in [4.78, 5) is 13.9. The maximum atomic E-state index is 11.5. The lowest BCUT2D eigenvalue weighted by molar-refractivity contribution is -0.153. The second-order valence-electron chi connectivity index (χ2n) is 5.93. The third-order valence-electron chi connectivity index (χ3n) is 4.78. The zero-order valence-corrected chi connectivity index (χ0v) is 11.0. The fourth-order valence-electron chi connectivity index (χ4n) is 3.56. The monoisotopic (exact) mass is 239 g/mol. The fourth-order valence-corrected chi connectivity index (χ4v) is 3.56. The highest BCUT2D eigenvalue weighted by atomic mass is 16.4. The molecule has 0 aromatic carbocycles. The van der Waals surface area contributed by atoms with E-state index in [0.717, 1.165) is 44.8 Å². The van der Waals surface area contributed by atoms with Crippen LogP contribution in [0.4, 0.5) is 0 Å². The van der Waals surface area contributed by atoms with Crippen LogP contribution in [-0.4, -0.2) is 35.6 Å². The van der Waals surface area contributed by atoms with E-state index in [-0.39, 0.29) is 0 Å². The van der Waals surface area contributed by atoms with Crippen molar-refractivity contribution in [2.24, 2.45) is 11.3 Å². The van der Waals surface area contributed by atoms with Gasteiger partial charge in [0.1, 0.15) is 0 Å². The molecule has 3 heteroatoms. The number of carbonyl (C=O) groups is 1. The number of hydrogen-bond donors (Lipinski definition) is 1. The molecule has 1 saturated heterocycles. The molecule has 0 amide bonds. The minimum atomic E-state index is -0.587. The van der Waals surface area contributed by atoms with E-state index >= 15 is 0 Å². The fraction of sp³-hybridized carbons (Fsp3) is 0.929. The van der Waals surface area contributed by atoms with Crippen molar-refractivity contribution in [3.8, 4) is 0 Å². The molecule has 1 unspecified atom stereocenters. The van der Waals surface area contributed by atoms with E-state index < -0.39 is 11.4 Å². The summed E-state index contributed by atoms with van der Waals surface area (Å²) in [6.07, 6.45) is 8.12. The van der Waals surface area contributed by atoms with Gasteiger partial charge >= 0.3 is 5.97 Å². The molecule has 98 valence electrons. The number of likely N-dealkylation sites (tertiary alicyclic amines) is 1. The van der Waals surface area contributed by atoms with Crippen molar-refractivity contribution in [3.05, 3.63) is 0 Å². The molecule has 17 heavy (non-hydrogen) atoms. The summed E-state index contributed by atoms with van der Waals surface area (Å²) in [6, 6.07) is 0. The van der Waals surface area contributed by atoms with E-state index in [4.69, 9.17) is 0 Å². The lowest BCUT2D eigenvalue weighted by Gasteiger charge is -2.40. The molecule has 0 spiro atoms. The second kappa shape index (κ2) is 5.38. The minimum absolute atomic E-state index is 0.461. The number of piperidine rings is 1. The van der Waals surface area contributed by atoms with Gasteiger partial charge in [-0.15, -0.1) is 0 Å². The Morgan fingerprint density at radius 3 is 2.65 bits per heavy atom. The number of rotatable bonds is 4. The molecule has 0 aromatic heterocycles. The third-order valence-corrected chi connectivity index (χ3v) is 4.78. The van der Waals surface area contributed by atoms with Crippen molar-refractivity contribution < 1.29 is 9.90 Å². The Hall–Kier alpha value is -0.570. The Labute approximate surface area is 104 Å². The maximum absolute atomic E-state index is 11.5. The summed E-state index contributed by atoms with van der Waals surface area (Å²) in [5, 5.41) is 9.44. The molecule has 2 fully saturated rings. The lowest BCUT2D eigenvalue weighted by Crippen LogP contribution is -2.48. The molecule has 2 rings (SSSR count). The highest BCUT2D eigenvalue weighted by Crippen LogP contribution is 2.35. The van der Waals surface area contributed by atoms with Gasteiger partial charge in [-0.05, 0) is 44.6 Å². The molecule has 1 heterocycles. The highest BCUT2D eigenvalue weighted by Gasteiger charge is 2.41. The zero-order chi connectivity index (χ0) is 12.3. The van der Waals surface area contributed by atoms with E-state index in [0.29, 0.717) is 0 Å². The Morgan fingerprint density at radius 2 is 2.06 bits per heavy atom. The molecule has 1 aliphatic carbocycles.